The van der Waals surface area contributed by atoms with E-state index < -0.39 is 0 Å². The van der Waals surface area contributed by atoms with Crippen LogP contribution in [-0.4, -0.2) is 30.5 Å². The number of thioether (sulfide) groups is 1. The third kappa shape index (κ3) is 5.11. The standard InChI is InChI=1S/C17H27NO2S/c1-5-17(3,4)18-12-13(2)21-14-7-8-15-16(11-14)20-10-6-9-19-15/h7-8,11,13,18H,5-6,9-10,12H2,1-4H3. The molecule has 0 radical (unpaired) electrons. The molecule has 1 unspecified atom stereocenters. The highest BCUT2D eigenvalue weighted by Gasteiger charge is 2.16. The molecule has 0 spiro atoms. The van der Waals surface area contributed by atoms with Crippen molar-refractivity contribution in [2.45, 2.75) is 56.2 Å². The fourth-order valence-electron chi connectivity index (χ4n) is 2.04. The lowest BCUT2D eigenvalue weighted by molar-refractivity contribution is 0.297. The van der Waals surface area contributed by atoms with E-state index in [1.807, 2.05) is 17.8 Å². The second-order valence-electron chi connectivity index (χ2n) is 6.21. The molecule has 1 aliphatic heterocycles. The molecule has 0 fully saturated rings. The zero-order valence-corrected chi connectivity index (χ0v) is 14.4. The molecule has 0 amide bonds. The second kappa shape index (κ2) is 7.41. The van der Waals surface area contributed by atoms with Crippen molar-refractivity contribution in [1.82, 2.24) is 5.32 Å². The van der Waals surface area contributed by atoms with Crippen LogP contribution in [0.2, 0.25) is 0 Å². The van der Waals surface area contributed by atoms with Crippen LogP contribution in [0.5, 0.6) is 11.5 Å². The summed E-state index contributed by atoms with van der Waals surface area (Å²) in [7, 11) is 0. The minimum absolute atomic E-state index is 0.208. The second-order valence-corrected chi connectivity index (χ2v) is 7.72. The van der Waals surface area contributed by atoms with E-state index in [1.165, 1.54) is 4.90 Å². The predicted molar refractivity (Wildman–Crippen MR) is 89.7 cm³/mol. The van der Waals surface area contributed by atoms with Crippen molar-refractivity contribution in [1.29, 1.82) is 0 Å². The average Bonchev–Trinajstić information content (AvgIpc) is 2.70. The van der Waals surface area contributed by atoms with Crippen LogP contribution < -0.4 is 14.8 Å². The molecule has 1 aromatic carbocycles. The average molecular weight is 309 g/mol. The topological polar surface area (TPSA) is 30.5 Å². The number of hydrogen-bond donors (Lipinski definition) is 1. The summed E-state index contributed by atoms with van der Waals surface area (Å²) in [5.74, 6) is 1.75. The lowest BCUT2D eigenvalue weighted by Crippen LogP contribution is -2.41. The van der Waals surface area contributed by atoms with Gasteiger partial charge in [-0.25, -0.2) is 0 Å². The zero-order valence-electron chi connectivity index (χ0n) is 13.6. The van der Waals surface area contributed by atoms with Crippen LogP contribution >= 0.6 is 11.8 Å². The lowest BCUT2D eigenvalue weighted by Gasteiger charge is -2.26. The lowest BCUT2D eigenvalue weighted by atomic mass is 10.0. The summed E-state index contributed by atoms with van der Waals surface area (Å²) in [5.41, 5.74) is 0.208. The SMILES string of the molecule is CCC(C)(C)NCC(C)Sc1ccc2c(c1)OCCCO2. The van der Waals surface area contributed by atoms with E-state index in [0.717, 1.165) is 44.1 Å². The van der Waals surface area contributed by atoms with Crippen LogP contribution in [0.25, 0.3) is 0 Å². The number of fused-ring (bicyclic) bond motifs is 1. The summed E-state index contributed by atoms with van der Waals surface area (Å²) >= 11 is 1.88. The first-order chi connectivity index (χ1) is 10.00. The molecule has 2 rings (SSSR count). The van der Waals surface area contributed by atoms with Crippen LogP contribution in [0, 0.1) is 0 Å². The molecule has 3 nitrogen and oxygen atoms in total. The predicted octanol–water partition coefficient (Wildman–Crippen LogP) is 4.11. The van der Waals surface area contributed by atoms with Crippen LogP contribution in [0.1, 0.15) is 40.5 Å². The Labute approximate surface area is 132 Å². The normalized spacial score (nSPS) is 16.4. The van der Waals surface area contributed by atoms with E-state index in [4.69, 9.17) is 9.47 Å². The Kier molecular flexibility index (Phi) is 5.82. The summed E-state index contributed by atoms with van der Waals surface area (Å²) in [5, 5.41) is 4.14. The summed E-state index contributed by atoms with van der Waals surface area (Å²) in [6.45, 7) is 11.5. The number of nitrogens with one attached hydrogen (secondary N) is 1. The monoisotopic (exact) mass is 309 g/mol. The summed E-state index contributed by atoms with van der Waals surface area (Å²) < 4.78 is 11.4. The van der Waals surface area contributed by atoms with Crippen molar-refractivity contribution in [3.05, 3.63) is 18.2 Å². The molecule has 21 heavy (non-hydrogen) atoms. The molecule has 1 aliphatic rings. The van der Waals surface area contributed by atoms with Crippen molar-refractivity contribution in [2.75, 3.05) is 19.8 Å². The number of hydrogen-bond acceptors (Lipinski definition) is 4. The van der Waals surface area contributed by atoms with Gasteiger partial charge in [0.15, 0.2) is 11.5 Å². The van der Waals surface area contributed by atoms with Gasteiger partial charge in [0, 0.05) is 28.6 Å². The molecule has 4 heteroatoms. The minimum atomic E-state index is 0.208. The number of ether oxygens (including phenoxy) is 2. The van der Waals surface area contributed by atoms with Gasteiger partial charge in [0.2, 0.25) is 0 Å². The molecule has 0 saturated heterocycles. The third-order valence-corrected chi connectivity index (χ3v) is 4.90. The van der Waals surface area contributed by atoms with Gasteiger partial charge in [-0.15, -0.1) is 11.8 Å². The molecular formula is C17H27NO2S. The van der Waals surface area contributed by atoms with Crippen molar-refractivity contribution in [3.8, 4) is 11.5 Å². The largest absolute Gasteiger partial charge is 0.490 e. The first kappa shape index (κ1) is 16.5. The van der Waals surface area contributed by atoms with E-state index >= 15 is 0 Å². The van der Waals surface area contributed by atoms with Gasteiger partial charge in [-0.3, -0.25) is 0 Å². The fourth-order valence-corrected chi connectivity index (χ4v) is 2.99. The maximum atomic E-state index is 5.75. The van der Waals surface area contributed by atoms with Crippen molar-refractivity contribution < 1.29 is 9.47 Å². The van der Waals surface area contributed by atoms with Gasteiger partial charge in [0.25, 0.3) is 0 Å². The Bertz CT molecular complexity index is 462. The van der Waals surface area contributed by atoms with E-state index in [2.05, 4.69) is 45.1 Å². The van der Waals surface area contributed by atoms with Gasteiger partial charge in [-0.2, -0.15) is 0 Å². The van der Waals surface area contributed by atoms with Crippen LogP contribution in [0.15, 0.2) is 23.1 Å². The summed E-state index contributed by atoms with van der Waals surface area (Å²) in [6, 6.07) is 6.26. The fraction of sp³-hybridized carbons (Fsp3) is 0.647. The maximum Gasteiger partial charge on any atom is 0.162 e. The van der Waals surface area contributed by atoms with Gasteiger partial charge in [-0.05, 0) is 38.5 Å². The molecule has 0 saturated carbocycles. The van der Waals surface area contributed by atoms with Crippen molar-refractivity contribution in [2.24, 2.45) is 0 Å². The van der Waals surface area contributed by atoms with Crippen LogP contribution in [0.3, 0.4) is 0 Å². The molecule has 0 bridgehead atoms. The van der Waals surface area contributed by atoms with Gasteiger partial charge in [0.1, 0.15) is 0 Å². The molecule has 0 aromatic heterocycles. The summed E-state index contributed by atoms with van der Waals surface area (Å²) in [4.78, 5) is 1.24. The highest BCUT2D eigenvalue weighted by Crippen LogP contribution is 2.35. The molecule has 1 aromatic rings. The maximum absolute atomic E-state index is 5.75. The quantitative estimate of drug-likeness (QED) is 0.801. The molecule has 0 aliphatic carbocycles. The van der Waals surface area contributed by atoms with Gasteiger partial charge < -0.3 is 14.8 Å². The van der Waals surface area contributed by atoms with Gasteiger partial charge in [-0.1, -0.05) is 13.8 Å². The van der Waals surface area contributed by atoms with Gasteiger partial charge in [0.05, 0.1) is 13.2 Å². The minimum Gasteiger partial charge on any atom is -0.490 e. The number of benzene rings is 1. The third-order valence-electron chi connectivity index (χ3n) is 3.81. The smallest absolute Gasteiger partial charge is 0.162 e. The molecule has 1 heterocycles. The Morgan fingerprint density at radius 3 is 2.67 bits per heavy atom. The zero-order chi connectivity index (χ0) is 15.3. The van der Waals surface area contributed by atoms with Gasteiger partial charge >= 0.3 is 0 Å². The molecule has 118 valence electrons. The van der Waals surface area contributed by atoms with Crippen LogP contribution in [0.4, 0.5) is 0 Å². The molecule has 1 atom stereocenters. The van der Waals surface area contributed by atoms with E-state index in [-0.39, 0.29) is 5.54 Å². The van der Waals surface area contributed by atoms with E-state index in [1.54, 1.807) is 0 Å². The van der Waals surface area contributed by atoms with Crippen LogP contribution in [-0.2, 0) is 0 Å². The van der Waals surface area contributed by atoms with E-state index in [0.29, 0.717) is 5.25 Å². The first-order valence-corrected chi connectivity index (χ1v) is 8.69. The van der Waals surface area contributed by atoms with Crippen molar-refractivity contribution in [3.63, 3.8) is 0 Å². The highest BCUT2D eigenvalue weighted by atomic mass is 32.2. The van der Waals surface area contributed by atoms with E-state index in [9.17, 15) is 0 Å². The Morgan fingerprint density at radius 2 is 1.95 bits per heavy atom. The molecular weight excluding hydrogens is 282 g/mol. The summed E-state index contributed by atoms with van der Waals surface area (Å²) in [6.07, 6.45) is 2.08. The highest BCUT2D eigenvalue weighted by molar-refractivity contribution is 8.00. The Balaban J connectivity index is 1.92. The first-order valence-electron chi connectivity index (χ1n) is 7.81. The Morgan fingerprint density at radius 1 is 1.24 bits per heavy atom. The number of rotatable bonds is 6. The van der Waals surface area contributed by atoms with Crippen molar-refractivity contribution >= 4 is 11.8 Å². The Hall–Kier alpha value is -0.870. The molecule has 1 N–H and O–H groups in total.